The molecule has 3 rings (SSSR count). The number of hydrogen-bond donors (Lipinski definition) is 5. The topological polar surface area (TPSA) is 284 Å². The van der Waals surface area contributed by atoms with E-state index in [0.717, 1.165) is 82.8 Å². The molecule has 28 heteroatoms. The molecule has 1 atom stereocenters. The third-order valence-electron chi connectivity index (χ3n) is 14.5. The number of nitrogens with one attached hydrogen (secondary N) is 5. The molecule has 0 spiro atoms. The monoisotopic (exact) mass is 1260 g/mol. The Kier molecular flexibility index (Phi) is 38.4. The zero-order chi connectivity index (χ0) is 63.8. The minimum atomic E-state index is -2.71. The first-order valence-corrected chi connectivity index (χ1v) is 33.7. The lowest BCUT2D eigenvalue weighted by Gasteiger charge is -2.34. The van der Waals surface area contributed by atoms with Gasteiger partial charge in [0.05, 0.1) is 85.9 Å². The summed E-state index contributed by atoms with van der Waals surface area (Å²) < 4.78 is 53.5. The number of hydrogen-bond acceptors (Lipinski definition) is 16. The standard InChI is InChI=1S/C59H113N14O13P/c1-58(2,3)87(10,79)86-37-14-12-11-13-24-60-50(74)19-15-20-54(78)67-59(47-83-38-21-51(75)61-25-16-28-64-55(68(4)5)71-31-41-80-42-32-71,48-84-39-22-52(76)62-26-17-29-65-56(69(6)7)72-33-43-81-44-34-72)49-85-40-23-53(77)63-27-18-30-66-57(70(8)9)73-35-45-82-46-36-73/h11-49H2,1-10H3,(H,60,74)(H,61,75)(H,62,76)(H,63,77)(H,67,78). The van der Waals surface area contributed by atoms with Crippen LogP contribution in [0, 0.1) is 0 Å². The summed E-state index contributed by atoms with van der Waals surface area (Å²) in [6, 6.07) is 0. The Labute approximate surface area is 520 Å². The van der Waals surface area contributed by atoms with Crippen LogP contribution in [-0.4, -0.2) is 307 Å². The summed E-state index contributed by atoms with van der Waals surface area (Å²) in [7, 11) is 9.06. The van der Waals surface area contributed by atoms with Crippen LogP contribution in [0.4, 0.5) is 0 Å². The predicted molar refractivity (Wildman–Crippen MR) is 340 cm³/mol. The average molecular weight is 1260 g/mol. The maximum Gasteiger partial charge on any atom is 0.222 e. The second-order valence-electron chi connectivity index (χ2n) is 23.8. The van der Waals surface area contributed by atoms with Crippen molar-refractivity contribution in [2.24, 2.45) is 15.0 Å². The van der Waals surface area contributed by atoms with E-state index in [1.165, 1.54) is 0 Å². The number of amides is 5. The van der Waals surface area contributed by atoms with Crippen LogP contribution in [0.2, 0.25) is 0 Å². The van der Waals surface area contributed by atoms with E-state index in [9.17, 15) is 28.5 Å². The van der Waals surface area contributed by atoms with E-state index in [1.807, 2.05) is 77.8 Å². The Balaban J connectivity index is 1.63. The first-order valence-electron chi connectivity index (χ1n) is 31.6. The van der Waals surface area contributed by atoms with Crippen LogP contribution in [0.25, 0.3) is 0 Å². The van der Waals surface area contributed by atoms with E-state index in [0.29, 0.717) is 111 Å². The number of morpholine rings is 3. The smallest absolute Gasteiger partial charge is 0.222 e. The van der Waals surface area contributed by atoms with Crippen molar-refractivity contribution in [2.75, 3.05) is 220 Å². The summed E-state index contributed by atoms with van der Waals surface area (Å²) in [5.41, 5.74) is -1.32. The Bertz CT molecular complexity index is 1950. The van der Waals surface area contributed by atoms with Gasteiger partial charge in [-0.1, -0.05) is 33.6 Å². The van der Waals surface area contributed by atoms with Crippen LogP contribution < -0.4 is 26.6 Å². The molecule has 3 saturated heterocycles. The zero-order valence-electron chi connectivity index (χ0n) is 54.9. The van der Waals surface area contributed by atoms with Crippen molar-refractivity contribution in [3.8, 4) is 0 Å². The highest BCUT2D eigenvalue weighted by atomic mass is 31.2. The fourth-order valence-electron chi connectivity index (χ4n) is 9.21. The van der Waals surface area contributed by atoms with Gasteiger partial charge in [0.2, 0.25) is 36.9 Å². The molecule has 27 nitrogen and oxygen atoms in total. The molecule has 0 saturated carbocycles. The lowest BCUT2D eigenvalue weighted by molar-refractivity contribution is -0.131. The van der Waals surface area contributed by atoms with E-state index < -0.39 is 18.1 Å². The second-order valence-corrected chi connectivity index (χ2v) is 27.1. The van der Waals surface area contributed by atoms with Crippen molar-refractivity contribution in [1.29, 1.82) is 0 Å². The van der Waals surface area contributed by atoms with Crippen LogP contribution in [-0.2, 0) is 61.5 Å². The fourth-order valence-corrected chi connectivity index (χ4v) is 10.1. The molecule has 5 amide bonds. The van der Waals surface area contributed by atoms with E-state index in [4.69, 9.17) is 47.9 Å². The van der Waals surface area contributed by atoms with Gasteiger partial charge in [-0.2, -0.15) is 0 Å². The molecule has 3 heterocycles. The van der Waals surface area contributed by atoms with E-state index in [-0.39, 0.29) is 108 Å². The van der Waals surface area contributed by atoms with Crippen LogP contribution in [0.5, 0.6) is 0 Å². The third-order valence-corrected chi connectivity index (χ3v) is 17.6. The highest BCUT2D eigenvalue weighted by molar-refractivity contribution is 7.59. The van der Waals surface area contributed by atoms with Gasteiger partial charge in [-0.3, -0.25) is 43.5 Å². The molecular weight excluding hydrogens is 1140 g/mol. The van der Waals surface area contributed by atoms with Gasteiger partial charge in [0, 0.05) is 171 Å². The van der Waals surface area contributed by atoms with Crippen molar-refractivity contribution in [3.63, 3.8) is 0 Å². The van der Waals surface area contributed by atoms with Crippen LogP contribution in [0.1, 0.15) is 104 Å². The number of aliphatic imine (C=N–C) groups is 3. The van der Waals surface area contributed by atoms with Gasteiger partial charge in [0.25, 0.3) is 0 Å². The Morgan fingerprint density at radius 1 is 0.448 bits per heavy atom. The van der Waals surface area contributed by atoms with E-state index >= 15 is 0 Å². The molecule has 0 bridgehead atoms. The summed E-state index contributed by atoms with van der Waals surface area (Å²) >= 11 is 0. The summed E-state index contributed by atoms with van der Waals surface area (Å²) in [5.74, 6) is 1.46. The number of guanidine groups is 3. The molecule has 0 aromatic rings. The van der Waals surface area contributed by atoms with E-state index in [2.05, 4.69) is 41.3 Å². The maximum absolute atomic E-state index is 13.9. The Morgan fingerprint density at radius 2 is 0.770 bits per heavy atom. The average Bonchev–Trinajstić information content (AvgIpc) is 3.66. The molecule has 0 aliphatic carbocycles. The molecule has 3 aliphatic heterocycles. The number of ether oxygens (including phenoxy) is 6. The molecule has 0 aromatic carbocycles. The fraction of sp³-hybridized carbons (Fsp3) is 0.864. The van der Waals surface area contributed by atoms with Crippen molar-refractivity contribution >= 4 is 54.8 Å². The van der Waals surface area contributed by atoms with Crippen molar-refractivity contribution in [1.82, 2.24) is 56.0 Å². The second kappa shape index (κ2) is 43.7. The number of carbonyl (C=O) groups is 5. The van der Waals surface area contributed by atoms with E-state index in [1.54, 1.807) is 6.66 Å². The van der Waals surface area contributed by atoms with Crippen LogP contribution in [0.3, 0.4) is 0 Å². The molecule has 3 aliphatic rings. The molecule has 0 radical (unpaired) electrons. The minimum absolute atomic E-state index is 0.00380. The van der Waals surface area contributed by atoms with Gasteiger partial charge in [-0.05, 0) is 38.5 Å². The highest BCUT2D eigenvalue weighted by Gasteiger charge is 2.35. The number of rotatable bonds is 40. The summed E-state index contributed by atoms with van der Waals surface area (Å²) in [6.45, 7) is 19.4. The zero-order valence-corrected chi connectivity index (χ0v) is 55.8. The van der Waals surface area contributed by atoms with Crippen LogP contribution >= 0.6 is 7.37 Å². The number of unbranched alkanes of at least 4 members (excludes halogenated alkanes) is 3. The summed E-state index contributed by atoms with van der Waals surface area (Å²) in [4.78, 5) is 92.8. The van der Waals surface area contributed by atoms with Gasteiger partial charge in [0.1, 0.15) is 5.54 Å². The number of nitrogens with zero attached hydrogens (tertiary/aromatic N) is 9. The number of carbonyl (C=O) groups excluding carboxylic acids is 5. The lowest BCUT2D eigenvalue weighted by atomic mass is 10.0. The van der Waals surface area contributed by atoms with Gasteiger partial charge in [0.15, 0.2) is 17.9 Å². The van der Waals surface area contributed by atoms with Crippen molar-refractivity contribution in [2.45, 2.75) is 115 Å². The lowest BCUT2D eigenvalue weighted by Crippen LogP contribution is -2.58. The largest absolute Gasteiger partial charge is 0.378 e. The first-order chi connectivity index (χ1) is 41.6. The third kappa shape index (κ3) is 33.5. The highest BCUT2D eigenvalue weighted by Crippen LogP contribution is 2.55. The Morgan fingerprint density at radius 3 is 1.11 bits per heavy atom. The molecule has 0 aromatic heterocycles. The maximum atomic E-state index is 13.9. The first kappa shape index (κ1) is 76.4. The summed E-state index contributed by atoms with van der Waals surface area (Å²) in [5, 5.41) is 14.5. The van der Waals surface area contributed by atoms with Gasteiger partial charge >= 0.3 is 0 Å². The van der Waals surface area contributed by atoms with Crippen molar-refractivity contribution in [3.05, 3.63) is 0 Å². The molecular formula is C59H113N14O13P. The minimum Gasteiger partial charge on any atom is -0.378 e. The Hall–Kier alpha value is -4.89. The quantitative estimate of drug-likeness (QED) is 0.0254. The van der Waals surface area contributed by atoms with Gasteiger partial charge in [-0.15, -0.1) is 0 Å². The van der Waals surface area contributed by atoms with Gasteiger partial charge in [-0.25, -0.2) is 0 Å². The molecule has 3 fully saturated rings. The molecule has 5 N–H and O–H groups in total. The summed E-state index contributed by atoms with van der Waals surface area (Å²) in [6.07, 6.45) is 5.74. The SMILES string of the molecule is CN(C)C(=NCCCNC(=O)CCOCC(COCCC(=O)NCCCN=C(N(C)C)N1CCOCC1)(COCCC(=O)NCCCN=C(N(C)C)N1CCOCC1)NC(=O)CCCC(=O)NCCCCCCOP(C)(=O)C(C)(C)C)N1CCOCC1. The molecule has 502 valence electrons. The van der Waals surface area contributed by atoms with Crippen molar-refractivity contribution < 1.29 is 61.5 Å². The predicted octanol–water partition coefficient (Wildman–Crippen LogP) is 1.90. The normalized spacial score (nSPS) is 16.8. The molecule has 87 heavy (non-hydrogen) atoms. The van der Waals surface area contributed by atoms with Gasteiger partial charge < -0.3 is 88.9 Å². The molecule has 1 unspecified atom stereocenters. The van der Waals surface area contributed by atoms with Crippen LogP contribution in [0.15, 0.2) is 15.0 Å².